The highest BCUT2D eigenvalue weighted by Gasteiger charge is 2.27. The molecule has 2 aromatic heterocycles. The third-order valence-corrected chi connectivity index (χ3v) is 9.37. The minimum absolute atomic E-state index is 0.0976. The Morgan fingerprint density at radius 2 is 1.83 bits per heavy atom. The van der Waals surface area contributed by atoms with Crippen molar-refractivity contribution in [3.05, 3.63) is 87.9 Å². The second-order valence-electron chi connectivity index (χ2n) is 11.9. The molecule has 1 atom stereocenters. The predicted molar refractivity (Wildman–Crippen MR) is 183 cm³/mol. The SMILES string of the molecule is COCC1CN(Cc2ccnc(Nc3cccc(-c4ccnc(-c5ccc(CNCC6CCC(=O)N6)c(OC)c5)c4Cl)c3Cl)c2F)C1. The summed E-state index contributed by atoms with van der Waals surface area (Å²) >= 11 is 13.9. The Kier molecular flexibility index (Phi) is 10.5. The Bertz CT molecular complexity index is 1750. The molecule has 2 saturated heterocycles. The van der Waals surface area contributed by atoms with E-state index in [9.17, 15) is 4.79 Å². The van der Waals surface area contributed by atoms with Crippen molar-refractivity contribution in [1.82, 2.24) is 25.5 Å². The zero-order chi connectivity index (χ0) is 32.9. The maximum Gasteiger partial charge on any atom is 0.220 e. The summed E-state index contributed by atoms with van der Waals surface area (Å²) in [5.41, 5.74) is 4.74. The standard InChI is InChI=1S/C35H37Cl2FN6O3/c1-46-20-21-17-44(18-21)19-24-10-12-41-35(33(24)38)43-28-5-3-4-26(31(28)36)27-11-13-40-34(32(27)37)22-6-7-23(29(14-22)47-2)15-39-16-25-8-9-30(45)42-25/h3-7,10-14,21,25,39H,8-9,15-20H2,1-2H3,(H,41,43)(H,42,45). The second kappa shape index (κ2) is 15.0. The van der Waals surface area contributed by atoms with Crippen molar-refractivity contribution in [2.45, 2.75) is 32.0 Å². The molecule has 0 spiro atoms. The number of hydrogen-bond donors (Lipinski definition) is 3. The fourth-order valence-corrected chi connectivity index (χ4v) is 6.75. The number of aromatic nitrogens is 2. The van der Waals surface area contributed by atoms with Crippen molar-refractivity contribution in [2.75, 3.05) is 45.8 Å². The number of anilines is 2. The average Bonchev–Trinajstić information content (AvgIpc) is 3.47. The number of carbonyl (C=O) groups excluding carboxylic acids is 1. The molecule has 9 nitrogen and oxygen atoms in total. The van der Waals surface area contributed by atoms with Gasteiger partial charge in [0.25, 0.3) is 0 Å². The van der Waals surface area contributed by atoms with E-state index in [2.05, 4.69) is 30.8 Å². The van der Waals surface area contributed by atoms with Gasteiger partial charge < -0.3 is 25.4 Å². The molecule has 6 rings (SSSR count). The lowest BCUT2D eigenvalue weighted by Gasteiger charge is -2.38. The molecule has 1 amide bonds. The van der Waals surface area contributed by atoms with E-state index in [0.717, 1.165) is 30.6 Å². The summed E-state index contributed by atoms with van der Waals surface area (Å²) in [6, 6.07) is 15.0. The maximum absolute atomic E-state index is 15.5. The molecule has 0 bridgehead atoms. The zero-order valence-electron chi connectivity index (χ0n) is 26.3. The first kappa shape index (κ1) is 33.1. The Morgan fingerprint density at radius 3 is 2.60 bits per heavy atom. The van der Waals surface area contributed by atoms with Crippen LogP contribution in [0.5, 0.6) is 5.75 Å². The number of amides is 1. The van der Waals surface area contributed by atoms with Gasteiger partial charge in [0.2, 0.25) is 5.91 Å². The van der Waals surface area contributed by atoms with Crippen LogP contribution in [0.3, 0.4) is 0 Å². The Hall–Kier alpha value is -3.80. The number of benzene rings is 2. The number of likely N-dealkylation sites (tertiary alicyclic amines) is 1. The monoisotopic (exact) mass is 678 g/mol. The molecule has 3 N–H and O–H groups in total. The molecule has 2 aliphatic rings. The molecule has 2 aromatic carbocycles. The van der Waals surface area contributed by atoms with Gasteiger partial charge >= 0.3 is 0 Å². The normalized spacial score (nSPS) is 16.6. The number of halogens is 3. The van der Waals surface area contributed by atoms with Crippen LogP contribution in [0.15, 0.2) is 60.9 Å². The van der Waals surface area contributed by atoms with E-state index in [0.29, 0.717) is 82.4 Å². The molecule has 246 valence electrons. The van der Waals surface area contributed by atoms with E-state index in [-0.39, 0.29) is 17.8 Å². The Labute approximate surface area is 283 Å². The molecular weight excluding hydrogens is 642 g/mol. The van der Waals surface area contributed by atoms with Gasteiger partial charge in [0, 0.05) is 98.4 Å². The van der Waals surface area contributed by atoms with Gasteiger partial charge in [-0.25, -0.2) is 9.37 Å². The molecule has 1 unspecified atom stereocenters. The van der Waals surface area contributed by atoms with Crippen LogP contribution in [0.2, 0.25) is 10.0 Å². The molecule has 2 fully saturated rings. The van der Waals surface area contributed by atoms with Gasteiger partial charge in [-0.15, -0.1) is 0 Å². The first-order chi connectivity index (χ1) is 22.8. The van der Waals surface area contributed by atoms with Crippen LogP contribution in [0.1, 0.15) is 24.0 Å². The van der Waals surface area contributed by atoms with Crippen LogP contribution in [0.25, 0.3) is 22.4 Å². The third-order valence-electron chi connectivity index (χ3n) is 8.58. The summed E-state index contributed by atoms with van der Waals surface area (Å²) in [5, 5.41) is 10.3. The van der Waals surface area contributed by atoms with Gasteiger partial charge in [-0.3, -0.25) is 14.7 Å². The quantitative estimate of drug-likeness (QED) is 0.148. The van der Waals surface area contributed by atoms with Gasteiger partial charge in [0.15, 0.2) is 11.6 Å². The van der Waals surface area contributed by atoms with Crippen LogP contribution >= 0.6 is 23.2 Å². The lowest BCUT2D eigenvalue weighted by Crippen LogP contribution is -2.47. The molecule has 12 heteroatoms. The average molecular weight is 680 g/mol. The van der Waals surface area contributed by atoms with Crippen molar-refractivity contribution in [2.24, 2.45) is 5.92 Å². The fraction of sp³-hybridized carbons (Fsp3) is 0.343. The molecule has 4 heterocycles. The van der Waals surface area contributed by atoms with Crippen LogP contribution < -0.4 is 20.7 Å². The predicted octanol–water partition coefficient (Wildman–Crippen LogP) is 6.46. The summed E-state index contributed by atoms with van der Waals surface area (Å²) in [5.74, 6) is 0.962. The Morgan fingerprint density at radius 1 is 1.02 bits per heavy atom. The number of carbonyl (C=O) groups is 1. The van der Waals surface area contributed by atoms with E-state index < -0.39 is 5.82 Å². The summed E-state index contributed by atoms with van der Waals surface area (Å²) in [7, 11) is 3.32. The lowest BCUT2D eigenvalue weighted by atomic mass is 10.0. The number of rotatable bonds is 13. The first-order valence-corrected chi connectivity index (χ1v) is 16.3. The second-order valence-corrected chi connectivity index (χ2v) is 12.7. The molecule has 47 heavy (non-hydrogen) atoms. The van der Waals surface area contributed by atoms with Gasteiger partial charge in [-0.1, -0.05) is 47.5 Å². The van der Waals surface area contributed by atoms with E-state index in [1.807, 2.05) is 30.3 Å². The largest absolute Gasteiger partial charge is 0.496 e. The van der Waals surface area contributed by atoms with E-state index in [4.69, 9.17) is 32.7 Å². The van der Waals surface area contributed by atoms with Crippen molar-refractivity contribution in [3.63, 3.8) is 0 Å². The van der Waals surface area contributed by atoms with E-state index in [1.165, 1.54) is 0 Å². The van der Waals surface area contributed by atoms with Crippen LogP contribution in [-0.2, 0) is 22.6 Å². The van der Waals surface area contributed by atoms with Gasteiger partial charge in [-0.2, -0.15) is 0 Å². The number of hydrogen-bond acceptors (Lipinski definition) is 8. The van der Waals surface area contributed by atoms with Crippen LogP contribution in [0, 0.1) is 11.7 Å². The van der Waals surface area contributed by atoms with E-state index in [1.54, 1.807) is 44.8 Å². The zero-order valence-corrected chi connectivity index (χ0v) is 27.8. The third kappa shape index (κ3) is 7.52. The Balaban J connectivity index is 1.19. The van der Waals surface area contributed by atoms with Gasteiger partial charge in [-0.05, 0) is 30.7 Å². The van der Waals surface area contributed by atoms with Crippen molar-refractivity contribution in [3.8, 4) is 28.1 Å². The van der Waals surface area contributed by atoms with Gasteiger partial charge in [0.05, 0.1) is 35.1 Å². The van der Waals surface area contributed by atoms with Crippen molar-refractivity contribution < 1.29 is 18.7 Å². The van der Waals surface area contributed by atoms with Crippen LogP contribution in [-0.4, -0.2) is 67.3 Å². The molecule has 0 saturated carbocycles. The van der Waals surface area contributed by atoms with Crippen molar-refractivity contribution >= 4 is 40.6 Å². The minimum atomic E-state index is -0.411. The summed E-state index contributed by atoms with van der Waals surface area (Å²) < 4.78 is 26.5. The number of pyridine rings is 2. The number of ether oxygens (including phenoxy) is 2. The maximum atomic E-state index is 15.5. The molecule has 0 aliphatic carbocycles. The van der Waals surface area contributed by atoms with Crippen LogP contribution in [0.4, 0.5) is 15.9 Å². The smallest absolute Gasteiger partial charge is 0.220 e. The molecule has 2 aliphatic heterocycles. The summed E-state index contributed by atoms with van der Waals surface area (Å²) in [6.07, 6.45) is 4.69. The number of methoxy groups -OCH3 is 2. The highest BCUT2D eigenvalue weighted by Crippen LogP contribution is 2.42. The summed E-state index contributed by atoms with van der Waals surface area (Å²) in [4.78, 5) is 22.5. The number of nitrogens with one attached hydrogen (secondary N) is 3. The highest BCUT2D eigenvalue weighted by molar-refractivity contribution is 6.39. The molecule has 0 radical (unpaired) electrons. The van der Waals surface area contributed by atoms with E-state index >= 15 is 4.39 Å². The highest BCUT2D eigenvalue weighted by atomic mass is 35.5. The van der Waals surface area contributed by atoms with Gasteiger partial charge in [0.1, 0.15) is 5.75 Å². The molecule has 4 aromatic rings. The van der Waals surface area contributed by atoms with Crippen molar-refractivity contribution in [1.29, 1.82) is 0 Å². The first-order valence-electron chi connectivity index (χ1n) is 15.6. The fourth-order valence-electron chi connectivity index (χ4n) is 6.15. The molecular formula is C35H37Cl2FN6O3. The lowest BCUT2D eigenvalue weighted by molar-refractivity contribution is -0.119. The number of nitrogens with zero attached hydrogens (tertiary/aromatic N) is 3. The topological polar surface area (TPSA) is 101 Å². The minimum Gasteiger partial charge on any atom is -0.496 e. The summed E-state index contributed by atoms with van der Waals surface area (Å²) in [6.45, 7) is 4.22.